The van der Waals surface area contributed by atoms with Crippen LogP contribution in [-0.4, -0.2) is 50.6 Å². The van der Waals surface area contributed by atoms with E-state index in [2.05, 4.69) is 38.6 Å². The minimum Gasteiger partial charge on any atom is -0.496 e. The van der Waals surface area contributed by atoms with Gasteiger partial charge in [-0.2, -0.15) is 13.2 Å². The molecule has 1 aliphatic rings. The Morgan fingerprint density at radius 3 is 2.62 bits per heavy atom. The van der Waals surface area contributed by atoms with Crippen LogP contribution >= 0.6 is 0 Å². The molecule has 2 aromatic carbocycles. The zero-order valence-corrected chi connectivity index (χ0v) is 20.8. The average molecular weight is 516 g/mol. The second kappa shape index (κ2) is 10.9. The maximum atomic E-state index is 13.4. The van der Waals surface area contributed by atoms with Crippen LogP contribution in [0.5, 0.6) is 11.6 Å². The molecule has 37 heavy (non-hydrogen) atoms. The highest BCUT2D eigenvalue weighted by molar-refractivity contribution is 6.02. The van der Waals surface area contributed by atoms with Crippen LogP contribution in [0.4, 0.5) is 35.2 Å². The first kappa shape index (κ1) is 26.1. The summed E-state index contributed by atoms with van der Waals surface area (Å²) in [5, 5.41) is 10.5. The van der Waals surface area contributed by atoms with Crippen LogP contribution in [0.2, 0.25) is 0 Å². The predicted octanol–water partition coefficient (Wildman–Crippen LogP) is 5.18. The highest BCUT2D eigenvalue weighted by Crippen LogP contribution is 2.42. The van der Waals surface area contributed by atoms with Crippen LogP contribution in [0.3, 0.4) is 0 Å². The van der Waals surface area contributed by atoms with Crippen molar-refractivity contribution >= 4 is 23.2 Å². The van der Waals surface area contributed by atoms with Crippen molar-refractivity contribution in [1.82, 2.24) is 10.2 Å². The van der Waals surface area contributed by atoms with Crippen molar-refractivity contribution in [2.75, 3.05) is 49.5 Å². The van der Waals surface area contributed by atoms with Crippen LogP contribution in [0.15, 0.2) is 48.5 Å². The largest absolute Gasteiger partial charge is 0.496 e. The highest BCUT2D eigenvalue weighted by atomic mass is 19.4. The van der Waals surface area contributed by atoms with Gasteiger partial charge in [0.25, 0.3) is 0 Å². The van der Waals surface area contributed by atoms with Crippen molar-refractivity contribution in [3.8, 4) is 11.6 Å². The van der Waals surface area contributed by atoms with Gasteiger partial charge >= 0.3 is 12.2 Å². The monoisotopic (exact) mass is 515 g/mol. The Kier molecular flexibility index (Phi) is 7.70. The molecular formula is C26H28F3N5O3. The fourth-order valence-corrected chi connectivity index (χ4v) is 4.10. The molecule has 8 nitrogen and oxygen atoms in total. The van der Waals surface area contributed by atoms with Crippen LogP contribution < -0.4 is 24.6 Å². The van der Waals surface area contributed by atoms with Gasteiger partial charge in [-0.25, -0.2) is 4.79 Å². The van der Waals surface area contributed by atoms with Gasteiger partial charge in [-0.05, 0) is 60.7 Å². The fraction of sp³-hybridized carbons (Fsp3) is 0.346. The lowest BCUT2D eigenvalue weighted by molar-refractivity contribution is -0.138. The van der Waals surface area contributed by atoms with Crippen molar-refractivity contribution in [2.24, 2.45) is 0 Å². The lowest BCUT2D eigenvalue weighted by atomic mass is 10.1. The Balaban J connectivity index is 1.32. The molecule has 0 spiro atoms. The molecule has 0 unspecified atom stereocenters. The summed E-state index contributed by atoms with van der Waals surface area (Å²) in [7, 11) is 5.18. The molecule has 3 aromatic rings. The quantitative estimate of drug-likeness (QED) is 0.417. The van der Waals surface area contributed by atoms with E-state index in [1.54, 1.807) is 6.07 Å². The number of nitrogens with one attached hydrogen (secondary N) is 1. The molecule has 0 saturated carbocycles. The summed E-state index contributed by atoms with van der Waals surface area (Å²) < 4.78 is 50.8. The van der Waals surface area contributed by atoms with Crippen molar-refractivity contribution in [3.05, 3.63) is 65.2 Å². The molecule has 2 heterocycles. The summed E-state index contributed by atoms with van der Waals surface area (Å²) in [6.45, 7) is 0.680. The number of carbonyl (C=O) groups excluding carboxylic acids is 1. The number of methoxy groups -OCH3 is 1. The first-order valence-electron chi connectivity index (χ1n) is 11.7. The number of rotatable bonds is 8. The number of nitrogens with zero attached hydrogens (tertiary/aromatic N) is 4. The molecule has 0 aliphatic carbocycles. The van der Waals surface area contributed by atoms with Gasteiger partial charge in [-0.15, -0.1) is 10.2 Å². The van der Waals surface area contributed by atoms with Crippen LogP contribution in [0.25, 0.3) is 0 Å². The highest BCUT2D eigenvalue weighted by Gasteiger charge is 2.37. The van der Waals surface area contributed by atoms with Crippen molar-refractivity contribution in [3.63, 3.8) is 0 Å². The third-order valence-electron chi connectivity index (χ3n) is 6.01. The number of halogens is 3. The predicted molar refractivity (Wildman–Crippen MR) is 135 cm³/mol. The van der Waals surface area contributed by atoms with Gasteiger partial charge in [-0.3, -0.25) is 10.2 Å². The molecule has 4 rings (SSSR count). The number of hydrogen-bond donors (Lipinski definition) is 1. The molecule has 11 heteroatoms. The summed E-state index contributed by atoms with van der Waals surface area (Å²) in [6.07, 6.45) is -2.56. The molecule has 0 radical (unpaired) electrons. The number of fused-ring (bicyclic) bond motifs is 1. The standard InChI is InChI=1S/C26H28F3N5O3/c1-33(2)19-8-4-6-17(14-19)7-5-13-37-24-10-9-23(31-32-24)30-25(35)34-12-11-18-15-22(36-3)20(16-21(18)34)26(27,28)29/h4,6,8-10,14-16H,5,7,11-13H2,1-3H3,(H,30,31,35). The number of benzene rings is 2. The van der Waals surface area contributed by atoms with Crippen molar-refractivity contribution < 1.29 is 27.4 Å². The van der Waals surface area contributed by atoms with E-state index >= 15 is 0 Å². The third kappa shape index (κ3) is 6.22. The van der Waals surface area contributed by atoms with Gasteiger partial charge in [0.15, 0.2) is 5.82 Å². The minimum absolute atomic E-state index is 0.163. The number of hydrogen-bond acceptors (Lipinski definition) is 6. The Morgan fingerprint density at radius 1 is 1.14 bits per heavy atom. The number of alkyl halides is 3. The SMILES string of the molecule is COc1cc2c(cc1C(F)(F)F)N(C(=O)Nc1ccc(OCCCc3cccc(N(C)C)c3)nn1)CC2. The summed E-state index contributed by atoms with van der Waals surface area (Å²) in [5.41, 5.74) is 2.21. The zero-order valence-electron chi connectivity index (χ0n) is 20.8. The first-order chi connectivity index (χ1) is 17.7. The molecule has 2 amide bonds. The van der Waals surface area contributed by atoms with Crippen LogP contribution in [0.1, 0.15) is 23.1 Å². The van der Waals surface area contributed by atoms with E-state index in [1.165, 1.54) is 29.7 Å². The Bertz CT molecular complexity index is 1250. The zero-order chi connectivity index (χ0) is 26.6. The molecule has 1 aromatic heterocycles. The molecular weight excluding hydrogens is 487 g/mol. The second-order valence-electron chi connectivity index (χ2n) is 8.78. The first-order valence-corrected chi connectivity index (χ1v) is 11.7. The van der Waals surface area contributed by atoms with E-state index in [1.807, 2.05) is 20.2 Å². The van der Waals surface area contributed by atoms with Gasteiger partial charge in [0.2, 0.25) is 5.88 Å². The molecule has 196 valence electrons. The fourth-order valence-electron chi connectivity index (χ4n) is 4.10. The van der Waals surface area contributed by atoms with E-state index in [0.717, 1.165) is 24.6 Å². The topological polar surface area (TPSA) is 79.8 Å². The van der Waals surface area contributed by atoms with Crippen molar-refractivity contribution in [1.29, 1.82) is 0 Å². The van der Waals surface area contributed by atoms with Gasteiger partial charge in [0.1, 0.15) is 5.75 Å². The Labute approximate surface area is 213 Å². The number of ether oxygens (including phenoxy) is 2. The number of amides is 2. The van der Waals surface area contributed by atoms with E-state index in [0.29, 0.717) is 24.5 Å². The number of urea groups is 1. The third-order valence-corrected chi connectivity index (χ3v) is 6.01. The Morgan fingerprint density at radius 2 is 1.95 bits per heavy atom. The molecule has 1 aliphatic heterocycles. The van der Waals surface area contributed by atoms with E-state index in [9.17, 15) is 18.0 Å². The van der Waals surface area contributed by atoms with Crippen LogP contribution in [-0.2, 0) is 19.0 Å². The average Bonchev–Trinajstić information content (AvgIpc) is 3.29. The smallest absolute Gasteiger partial charge is 0.420 e. The van der Waals surface area contributed by atoms with E-state index in [4.69, 9.17) is 9.47 Å². The van der Waals surface area contributed by atoms with Gasteiger partial charge in [0, 0.05) is 38.1 Å². The van der Waals surface area contributed by atoms with E-state index < -0.39 is 17.8 Å². The number of carbonyl (C=O) groups is 1. The lowest BCUT2D eigenvalue weighted by Gasteiger charge is -2.20. The molecule has 0 fully saturated rings. The molecule has 0 saturated heterocycles. The summed E-state index contributed by atoms with van der Waals surface area (Å²) >= 11 is 0. The summed E-state index contributed by atoms with van der Waals surface area (Å²) in [4.78, 5) is 16.1. The molecule has 0 bridgehead atoms. The normalized spacial score (nSPS) is 12.8. The van der Waals surface area contributed by atoms with E-state index in [-0.39, 0.29) is 23.8 Å². The van der Waals surface area contributed by atoms with Gasteiger partial charge in [-0.1, -0.05) is 12.1 Å². The second-order valence-corrected chi connectivity index (χ2v) is 8.78. The minimum atomic E-state index is -4.61. The number of aryl methyl sites for hydroxylation is 1. The maximum absolute atomic E-state index is 13.4. The summed E-state index contributed by atoms with van der Waals surface area (Å²) in [6, 6.07) is 13.1. The number of aromatic nitrogens is 2. The molecule has 1 N–H and O–H groups in total. The number of anilines is 3. The van der Waals surface area contributed by atoms with Crippen LogP contribution in [0, 0.1) is 0 Å². The Hall–Kier alpha value is -4.02. The summed E-state index contributed by atoms with van der Waals surface area (Å²) in [5.74, 6) is 0.210. The van der Waals surface area contributed by atoms with Crippen molar-refractivity contribution in [2.45, 2.75) is 25.4 Å². The van der Waals surface area contributed by atoms with Gasteiger partial charge in [0.05, 0.1) is 19.3 Å². The maximum Gasteiger partial charge on any atom is 0.420 e. The van der Waals surface area contributed by atoms with Gasteiger partial charge < -0.3 is 14.4 Å². The molecule has 0 atom stereocenters. The lowest BCUT2D eigenvalue weighted by Crippen LogP contribution is -2.33.